The summed E-state index contributed by atoms with van der Waals surface area (Å²) in [6.45, 7) is 8.63. The molecule has 1 aromatic heterocycles. The maximum Gasteiger partial charge on any atom is 0.0764 e. The number of aromatic nitrogens is 2. The molecule has 0 radical (unpaired) electrons. The van der Waals surface area contributed by atoms with Crippen LogP contribution in [0.15, 0.2) is 12.3 Å². The molecular formula is C14H28N4O. The van der Waals surface area contributed by atoms with Crippen molar-refractivity contribution in [2.75, 3.05) is 33.4 Å². The van der Waals surface area contributed by atoms with Crippen molar-refractivity contribution in [1.29, 1.82) is 0 Å². The molecule has 0 bridgehead atoms. The number of nitrogens with two attached hydrogens (primary N) is 1. The summed E-state index contributed by atoms with van der Waals surface area (Å²) >= 11 is 0. The molecule has 1 aromatic rings. The number of nitrogens with zero attached hydrogens (tertiary/aromatic N) is 3. The molecule has 0 spiro atoms. The highest BCUT2D eigenvalue weighted by Crippen LogP contribution is 2.10. The fraction of sp³-hybridized carbons (Fsp3) is 0.786. The summed E-state index contributed by atoms with van der Waals surface area (Å²) in [4.78, 5) is 2.35. The lowest BCUT2D eigenvalue weighted by Gasteiger charge is -2.20. The molecule has 0 saturated heterocycles. The molecule has 110 valence electrons. The molecule has 0 saturated carbocycles. The second-order valence-corrected chi connectivity index (χ2v) is 4.96. The van der Waals surface area contributed by atoms with Gasteiger partial charge in [-0.1, -0.05) is 6.92 Å². The van der Waals surface area contributed by atoms with E-state index in [4.69, 9.17) is 10.5 Å². The van der Waals surface area contributed by atoms with E-state index in [1.807, 2.05) is 4.68 Å². The van der Waals surface area contributed by atoms with Crippen LogP contribution in [-0.4, -0.2) is 48.0 Å². The van der Waals surface area contributed by atoms with E-state index < -0.39 is 0 Å². The van der Waals surface area contributed by atoms with Gasteiger partial charge in [-0.3, -0.25) is 9.58 Å². The highest BCUT2D eigenvalue weighted by Gasteiger charge is 2.09. The fourth-order valence-electron chi connectivity index (χ4n) is 1.93. The van der Waals surface area contributed by atoms with Crippen LogP contribution in [-0.2, 0) is 11.3 Å². The van der Waals surface area contributed by atoms with Crippen LogP contribution in [0, 0.1) is 0 Å². The van der Waals surface area contributed by atoms with Gasteiger partial charge in [0.1, 0.15) is 0 Å². The molecule has 0 aliphatic carbocycles. The van der Waals surface area contributed by atoms with Crippen molar-refractivity contribution in [2.45, 2.75) is 39.3 Å². The van der Waals surface area contributed by atoms with Crippen LogP contribution < -0.4 is 5.73 Å². The molecule has 1 atom stereocenters. The van der Waals surface area contributed by atoms with Crippen molar-refractivity contribution >= 4 is 0 Å². The zero-order valence-corrected chi connectivity index (χ0v) is 12.5. The van der Waals surface area contributed by atoms with Crippen molar-refractivity contribution in [3.8, 4) is 0 Å². The van der Waals surface area contributed by atoms with Crippen molar-refractivity contribution in [1.82, 2.24) is 14.7 Å². The first kappa shape index (κ1) is 16.1. The van der Waals surface area contributed by atoms with Crippen LogP contribution >= 0.6 is 0 Å². The Bertz CT molecular complexity index is 332. The predicted molar refractivity (Wildman–Crippen MR) is 78.1 cm³/mol. The number of hydrogen-bond acceptors (Lipinski definition) is 4. The molecule has 2 N–H and O–H groups in total. The monoisotopic (exact) mass is 268 g/mol. The second-order valence-electron chi connectivity index (χ2n) is 4.96. The fourth-order valence-corrected chi connectivity index (χ4v) is 1.93. The Kier molecular flexibility index (Phi) is 7.70. The Balaban J connectivity index is 2.54. The molecule has 5 heteroatoms. The smallest absolute Gasteiger partial charge is 0.0764 e. The maximum absolute atomic E-state index is 5.58. The molecule has 0 amide bonds. The van der Waals surface area contributed by atoms with Crippen LogP contribution in [0.4, 0.5) is 0 Å². The van der Waals surface area contributed by atoms with Crippen LogP contribution in [0.1, 0.15) is 38.4 Å². The van der Waals surface area contributed by atoms with Crippen molar-refractivity contribution in [3.05, 3.63) is 18.0 Å². The number of rotatable bonds is 10. The first-order chi connectivity index (χ1) is 9.21. The summed E-state index contributed by atoms with van der Waals surface area (Å²) in [5, 5.41) is 4.64. The zero-order valence-electron chi connectivity index (χ0n) is 12.5. The largest absolute Gasteiger partial charge is 0.383 e. The Morgan fingerprint density at radius 3 is 2.89 bits per heavy atom. The van der Waals surface area contributed by atoms with Gasteiger partial charge in [0.2, 0.25) is 0 Å². The first-order valence-electron chi connectivity index (χ1n) is 7.16. The van der Waals surface area contributed by atoms with Gasteiger partial charge in [-0.15, -0.1) is 0 Å². The van der Waals surface area contributed by atoms with Gasteiger partial charge in [-0.05, 0) is 38.9 Å². The van der Waals surface area contributed by atoms with E-state index in [1.54, 1.807) is 7.11 Å². The molecule has 5 nitrogen and oxygen atoms in total. The average Bonchev–Trinajstić information content (AvgIpc) is 2.89. The summed E-state index contributed by atoms with van der Waals surface area (Å²) in [6, 6.07) is 2.57. The minimum absolute atomic E-state index is 0.463. The SMILES string of the molecule is CCC(C)n1ccc(CN(CCCN)CCOC)n1. The topological polar surface area (TPSA) is 56.3 Å². The van der Waals surface area contributed by atoms with Gasteiger partial charge >= 0.3 is 0 Å². The van der Waals surface area contributed by atoms with Gasteiger partial charge in [-0.25, -0.2) is 0 Å². The van der Waals surface area contributed by atoms with E-state index in [0.29, 0.717) is 6.04 Å². The molecule has 0 aromatic carbocycles. The molecule has 1 unspecified atom stereocenters. The quantitative estimate of drug-likeness (QED) is 0.701. The van der Waals surface area contributed by atoms with Crippen molar-refractivity contribution < 1.29 is 4.74 Å². The average molecular weight is 268 g/mol. The van der Waals surface area contributed by atoms with Crippen LogP contribution in [0.2, 0.25) is 0 Å². The summed E-state index contributed by atoms with van der Waals surface area (Å²) in [5.74, 6) is 0. The van der Waals surface area contributed by atoms with E-state index in [9.17, 15) is 0 Å². The minimum atomic E-state index is 0.463. The van der Waals surface area contributed by atoms with Crippen LogP contribution in [0.5, 0.6) is 0 Å². The predicted octanol–water partition coefficient (Wildman–Crippen LogP) is 1.65. The molecule has 0 fully saturated rings. The second kappa shape index (κ2) is 9.07. The maximum atomic E-state index is 5.58. The van der Waals surface area contributed by atoms with Gasteiger partial charge in [0, 0.05) is 32.4 Å². The van der Waals surface area contributed by atoms with E-state index in [-0.39, 0.29) is 0 Å². The first-order valence-corrected chi connectivity index (χ1v) is 7.16. The normalized spacial score (nSPS) is 13.1. The van der Waals surface area contributed by atoms with E-state index in [1.165, 1.54) is 0 Å². The Hall–Kier alpha value is -0.910. The molecule has 1 rings (SSSR count). The summed E-state index contributed by atoms with van der Waals surface area (Å²) in [5.41, 5.74) is 6.70. The van der Waals surface area contributed by atoms with Crippen LogP contribution in [0.3, 0.4) is 0 Å². The van der Waals surface area contributed by atoms with Gasteiger partial charge < -0.3 is 10.5 Å². The van der Waals surface area contributed by atoms with E-state index in [2.05, 4.69) is 36.1 Å². The third kappa shape index (κ3) is 5.72. The van der Waals surface area contributed by atoms with E-state index >= 15 is 0 Å². The number of hydrogen-bond donors (Lipinski definition) is 1. The molecule has 1 heterocycles. The zero-order chi connectivity index (χ0) is 14.1. The van der Waals surface area contributed by atoms with Gasteiger partial charge in [0.25, 0.3) is 0 Å². The highest BCUT2D eigenvalue weighted by molar-refractivity contribution is 4.99. The number of ether oxygens (including phenoxy) is 1. The lowest BCUT2D eigenvalue weighted by atomic mass is 10.3. The molecular weight excluding hydrogens is 240 g/mol. The number of methoxy groups -OCH3 is 1. The Morgan fingerprint density at radius 2 is 2.26 bits per heavy atom. The molecule has 0 aliphatic rings. The summed E-state index contributed by atoms with van der Waals surface area (Å²) in [7, 11) is 1.73. The third-order valence-corrected chi connectivity index (χ3v) is 3.38. The van der Waals surface area contributed by atoms with Crippen LogP contribution in [0.25, 0.3) is 0 Å². The highest BCUT2D eigenvalue weighted by atomic mass is 16.5. The third-order valence-electron chi connectivity index (χ3n) is 3.38. The summed E-state index contributed by atoms with van der Waals surface area (Å²) < 4.78 is 7.20. The lowest BCUT2D eigenvalue weighted by Crippen LogP contribution is -2.29. The van der Waals surface area contributed by atoms with Gasteiger partial charge in [-0.2, -0.15) is 5.10 Å². The van der Waals surface area contributed by atoms with Gasteiger partial charge in [0.05, 0.1) is 12.3 Å². The molecule has 0 aliphatic heterocycles. The Morgan fingerprint density at radius 1 is 1.47 bits per heavy atom. The van der Waals surface area contributed by atoms with Crippen molar-refractivity contribution in [3.63, 3.8) is 0 Å². The standard InChI is InChI=1S/C14H28N4O/c1-4-13(2)18-9-6-14(16-18)12-17(8-5-7-15)10-11-19-3/h6,9,13H,4-5,7-8,10-12,15H2,1-3H3. The van der Waals surface area contributed by atoms with Gasteiger partial charge in [0.15, 0.2) is 0 Å². The van der Waals surface area contributed by atoms with E-state index in [0.717, 1.165) is 51.3 Å². The molecule has 19 heavy (non-hydrogen) atoms. The summed E-state index contributed by atoms with van der Waals surface area (Å²) in [6.07, 6.45) is 4.18. The minimum Gasteiger partial charge on any atom is -0.383 e. The Labute approximate surface area is 116 Å². The van der Waals surface area contributed by atoms with Crippen molar-refractivity contribution in [2.24, 2.45) is 5.73 Å². The lowest BCUT2D eigenvalue weighted by molar-refractivity contribution is 0.142.